The Morgan fingerprint density at radius 2 is 1.35 bits per heavy atom. The van der Waals surface area contributed by atoms with Crippen LogP contribution in [0.1, 0.15) is 44.9 Å². The number of piperidine rings is 1. The standard InChI is InChI=1S/C17H35N5.HI/c1-18-17(20-10-16-22-11-4-2-5-12-22)19-9-3-6-13-21-14-7-8-15-21;/h2-16H2,1H3,(H2,18,19,20);1H. The van der Waals surface area contributed by atoms with Gasteiger partial charge in [-0.05, 0) is 71.2 Å². The van der Waals surface area contributed by atoms with Gasteiger partial charge in [0.2, 0.25) is 0 Å². The number of rotatable bonds is 8. The number of guanidine groups is 1. The smallest absolute Gasteiger partial charge is 0.191 e. The molecular formula is C17H36IN5. The van der Waals surface area contributed by atoms with Crippen LogP contribution in [0.3, 0.4) is 0 Å². The number of hydrogen-bond acceptors (Lipinski definition) is 3. The Balaban J connectivity index is 0.00000264. The van der Waals surface area contributed by atoms with E-state index in [4.69, 9.17) is 0 Å². The lowest BCUT2D eigenvalue weighted by Crippen LogP contribution is -2.43. The van der Waals surface area contributed by atoms with E-state index in [9.17, 15) is 0 Å². The summed E-state index contributed by atoms with van der Waals surface area (Å²) in [6.45, 7) is 9.58. The van der Waals surface area contributed by atoms with E-state index in [0.29, 0.717) is 0 Å². The zero-order valence-electron chi connectivity index (χ0n) is 14.9. The van der Waals surface area contributed by atoms with Gasteiger partial charge in [-0.1, -0.05) is 6.42 Å². The molecule has 136 valence electrons. The van der Waals surface area contributed by atoms with Gasteiger partial charge in [-0.3, -0.25) is 4.99 Å². The lowest BCUT2D eigenvalue weighted by atomic mass is 10.1. The van der Waals surface area contributed by atoms with E-state index < -0.39 is 0 Å². The maximum absolute atomic E-state index is 4.31. The van der Waals surface area contributed by atoms with Gasteiger partial charge < -0.3 is 20.4 Å². The Morgan fingerprint density at radius 1 is 0.783 bits per heavy atom. The van der Waals surface area contributed by atoms with Crippen molar-refractivity contribution in [1.82, 2.24) is 20.4 Å². The second-order valence-corrected chi connectivity index (χ2v) is 6.58. The molecule has 0 atom stereocenters. The van der Waals surface area contributed by atoms with Gasteiger partial charge in [0, 0.05) is 26.7 Å². The largest absolute Gasteiger partial charge is 0.356 e. The van der Waals surface area contributed by atoms with Crippen LogP contribution >= 0.6 is 24.0 Å². The first-order chi connectivity index (χ1) is 10.9. The van der Waals surface area contributed by atoms with Crippen LogP contribution in [0, 0.1) is 0 Å². The molecule has 0 unspecified atom stereocenters. The number of hydrogen-bond donors (Lipinski definition) is 2. The van der Waals surface area contributed by atoms with Crippen molar-refractivity contribution in [3.63, 3.8) is 0 Å². The van der Waals surface area contributed by atoms with Gasteiger partial charge in [0.15, 0.2) is 5.96 Å². The van der Waals surface area contributed by atoms with Gasteiger partial charge >= 0.3 is 0 Å². The Hall–Kier alpha value is -0.0800. The summed E-state index contributed by atoms with van der Waals surface area (Å²) in [5.41, 5.74) is 0. The molecule has 0 radical (unpaired) electrons. The molecule has 0 aromatic heterocycles. The molecule has 2 N–H and O–H groups in total. The van der Waals surface area contributed by atoms with Crippen molar-refractivity contribution in [2.75, 3.05) is 59.4 Å². The minimum Gasteiger partial charge on any atom is -0.356 e. The van der Waals surface area contributed by atoms with Crippen molar-refractivity contribution in [3.8, 4) is 0 Å². The van der Waals surface area contributed by atoms with E-state index in [2.05, 4.69) is 25.4 Å². The third-order valence-corrected chi connectivity index (χ3v) is 4.79. The molecule has 2 aliphatic heterocycles. The molecule has 2 heterocycles. The number of likely N-dealkylation sites (tertiary alicyclic amines) is 2. The number of aliphatic imine (C=N–C) groups is 1. The summed E-state index contributed by atoms with van der Waals surface area (Å²) in [4.78, 5) is 9.46. The fourth-order valence-electron chi connectivity index (χ4n) is 3.41. The van der Waals surface area contributed by atoms with Crippen molar-refractivity contribution in [2.45, 2.75) is 44.9 Å². The number of nitrogens with one attached hydrogen (secondary N) is 2. The molecule has 0 saturated carbocycles. The Labute approximate surface area is 159 Å². The SMILES string of the molecule is CN=C(NCCCCN1CCCC1)NCCN1CCCCC1.I. The van der Waals surface area contributed by atoms with Crippen LogP contribution in [0.25, 0.3) is 0 Å². The van der Waals surface area contributed by atoms with Crippen molar-refractivity contribution < 1.29 is 0 Å². The number of unbranched alkanes of at least 4 members (excludes halogenated alkanes) is 1. The molecule has 0 amide bonds. The Kier molecular flexibility index (Phi) is 12.1. The quantitative estimate of drug-likeness (QED) is 0.264. The van der Waals surface area contributed by atoms with E-state index in [-0.39, 0.29) is 24.0 Å². The van der Waals surface area contributed by atoms with Crippen LogP contribution in [0.2, 0.25) is 0 Å². The summed E-state index contributed by atoms with van der Waals surface area (Å²) in [7, 11) is 1.86. The molecular weight excluding hydrogens is 401 g/mol. The lowest BCUT2D eigenvalue weighted by Gasteiger charge is -2.26. The maximum atomic E-state index is 4.31. The molecule has 2 saturated heterocycles. The molecule has 0 aliphatic carbocycles. The summed E-state index contributed by atoms with van der Waals surface area (Å²) in [5.74, 6) is 0.957. The van der Waals surface area contributed by atoms with E-state index in [1.165, 1.54) is 77.7 Å². The number of nitrogens with zero attached hydrogens (tertiary/aromatic N) is 3. The highest BCUT2D eigenvalue weighted by Crippen LogP contribution is 2.08. The summed E-state index contributed by atoms with van der Waals surface area (Å²) in [6, 6.07) is 0. The molecule has 2 aliphatic rings. The third kappa shape index (κ3) is 9.10. The van der Waals surface area contributed by atoms with Crippen molar-refractivity contribution in [3.05, 3.63) is 0 Å². The molecule has 2 rings (SSSR count). The third-order valence-electron chi connectivity index (χ3n) is 4.79. The monoisotopic (exact) mass is 437 g/mol. The highest BCUT2D eigenvalue weighted by atomic mass is 127. The van der Waals surface area contributed by atoms with Gasteiger partial charge in [0.25, 0.3) is 0 Å². The molecule has 2 fully saturated rings. The minimum absolute atomic E-state index is 0. The average molecular weight is 437 g/mol. The Bertz CT molecular complexity index is 312. The predicted octanol–water partition coefficient (Wildman–Crippen LogP) is 2.13. The maximum Gasteiger partial charge on any atom is 0.191 e. The molecule has 0 aromatic rings. The van der Waals surface area contributed by atoms with E-state index in [0.717, 1.165) is 25.6 Å². The zero-order valence-corrected chi connectivity index (χ0v) is 17.2. The lowest BCUT2D eigenvalue weighted by molar-refractivity contribution is 0.232. The van der Waals surface area contributed by atoms with Crippen molar-refractivity contribution in [1.29, 1.82) is 0 Å². The first-order valence-corrected chi connectivity index (χ1v) is 9.28. The molecule has 0 bridgehead atoms. The fraction of sp³-hybridized carbons (Fsp3) is 0.941. The summed E-state index contributed by atoms with van der Waals surface area (Å²) >= 11 is 0. The van der Waals surface area contributed by atoms with E-state index in [1.807, 2.05) is 7.05 Å². The summed E-state index contributed by atoms with van der Waals surface area (Å²) in [6.07, 6.45) is 9.44. The molecule has 0 spiro atoms. The highest BCUT2D eigenvalue weighted by molar-refractivity contribution is 14.0. The molecule has 23 heavy (non-hydrogen) atoms. The van der Waals surface area contributed by atoms with Crippen LogP contribution in [0.4, 0.5) is 0 Å². The van der Waals surface area contributed by atoms with Crippen LogP contribution in [0.15, 0.2) is 4.99 Å². The van der Waals surface area contributed by atoms with Crippen LogP contribution in [-0.4, -0.2) is 75.2 Å². The van der Waals surface area contributed by atoms with Crippen LogP contribution in [0.5, 0.6) is 0 Å². The second kappa shape index (κ2) is 13.2. The predicted molar refractivity (Wildman–Crippen MR) is 110 cm³/mol. The minimum atomic E-state index is 0. The van der Waals surface area contributed by atoms with Crippen LogP contribution in [-0.2, 0) is 0 Å². The molecule has 5 nitrogen and oxygen atoms in total. The van der Waals surface area contributed by atoms with Gasteiger partial charge in [-0.15, -0.1) is 24.0 Å². The summed E-state index contributed by atoms with van der Waals surface area (Å²) < 4.78 is 0. The first-order valence-electron chi connectivity index (χ1n) is 9.28. The van der Waals surface area contributed by atoms with Gasteiger partial charge in [0.1, 0.15) is 0 Å². The van der Waals surface area contributed by atoms with Gasteiger partial charge in [0.05, 0.1) is 0 Å². The highest BCUT2D eigenvalue weighted by Gasteiger charge is 2.10. The zero-order chi connectivity index (χ0) is 15.5. The second-order valence-electron chi connectivity index (χ2n) is 6.58. The normalized spacial score (nSPS) is 20.3. The van der Waals surface area contributed by atoms with Gasteiger partial charge in [-0.2, -0.15) is 0 Å². The van der Waals surface area contributed by atoms with Crippen molar-refractivity contribution in [2.24, 2.45) is 4.99 Å². The molecule has 6 heteroatoms. The first kappa shape index (κ1) is 21.0. The average Bonchev–Trinajstić information content (AvgIpc) is 3.07. The van der Waals surface area contributed by atoms with E-state index in [1.54, 1.807) is 0 Å². The molecule has 0 aromatic carbocycles. The van der Waals surface area contributed by atoms with E-state index >= 15 is 0 Å². The van der Waals surface area contributed by atoms with Crippen molar-refractivity contribution >= 4 is 29.9 Å². The Morgan fingerprint density at radius 3 is 2.00 bits per heavy atom. The van der Waals surface area contributed by atoms with Gasteiger partial charge in [-0.25, -0.2) is 0 Å². The summed E-state index contributed by atoms with van der Waals surface area (Å²) in [5, 5.41) is 6.87. The fourth-order valence-corrected chi connectivity index (χ4v) is 3.41. The van der Waals surface area contributed by atoms with Crippen LogP contribution < -0.4 is 10.6 Å². The number of halogens is 1. The topological polar surface area (TPSA) is 42.9 Å².